The number of aliphatic imine (C=N–C) groups is 1. The highest BCUT2D eigenvalue weighted by Gasteiger charge is 2.31. The number of ketones is 1. The molecule has 2 heterocycles. The molecule has 0 saturated carbocycles. The number of rotatable bonds is 2. The fraction of sp³-hybridized carbons (Fsp3) is 0.500. The van der Waals surface area contributed by atoms with Crippen LogP contribution in [0.25, 0.3) is 0 Å². The number of hydrogen-bond acceptors (Lipinski definition) is 5. The van der Waals surface area contributed by atoms with Gasteiger partial charge in [-0.25, -0.2) is 4.79 Å². The zero-order valence-corrected chi connectivity index (χ0v) is 8.50. The van der Waals surface area contributed by atoms with Crippen molar-refractivity contribution in [1.29, 1.82) is 0 Å². The van der Waals surface area contributed by atoms with Crippen LogP contribution in [0.2, 0.25) is 0 Å². The molecule has 0 aromatic rings. The van der Waals surface area contributed by atoms with Crippen molar-refractivity contribution >= 4 is 17.5 Å². The molecular formula is C10H12N2O3. The summed E-state index contributed by atoms with van der Waals surface area (Å²) in [5.41, 5.74) is 1.69. The summed E-state index contributed by atoms with van der Waals surface area (Å²) in [7, 11) is 0. The Morgan fingerprint density at radius 1 is 1.47 bits per heavy atom. The van der Waals surface area contributed by atoms with Crippen LogP contribution in [-0.4, -0.2) is 43.7 Å². The maximum atomic E-state index is 11.5. The molecule has 0 bridgehead atoms. The molecule has 0 fully saturated rings. The van der Waals surface area contributed by atoms with E-state index in [4.69, 9.17) is 4.74 Å². The first-order valence-corrected chi connectivity index (χ1v) is 4.92. The van der Waals surface area contributed by atoms with Crippen LogP contribution in [-0.2, 0) is 14.3 Å². The van der Waals surface area contributed by atoms with Gasteiger partial charge in [0.2, 0.25) is 0 Å². The predicted molar refractivity (Wildman–Crippen MR) is 53.8 cm³/mol. The largest absolute Gasteiger partial charge is 0.461 e. The molecule has 0 radical (unpaired) electrons. The number of nitrogens with zero attached hydrogens (tertiary/aromatic N) is 1. The van der Waals surface area contributed by atoms with E-state index in [1.807, 2.05) is 0 Å². The van der Waals surface area contributed by atoms with Crippen LogP contribution in [0, 0.1) is 0 Å². The number of esters is 1. The van der Waals surface area contributed by atoms with E-state index in [2.05, 4.69) is 10.3 Å². The number of carbonyl (C=O) groups is 2. The van der Waals surface area contributed by atoms with Gasteiger partial charge in [0.15, 0.2) is 5.78 Å². The molecule has 5 heteroatoms. The summed E-state index contributed by atoms with van der Waals surface area (Å²) in [5, 5.41) is 2.94. The van der Waals surface area contributed by atoms with Gasteiger partial charge in [-0.1, -0.05) is 0 Å². The number of carbonyl (C=O) groups excluding carboxylic acids is 2. The summed E-state index contributed by atoms with van der Waals surface area (Å²) in [6.07, 6.45) is 0. The normalized spacial score (nSPS) is 20.1. The molecule has 0 saturated heterocycles. The van der Waals surface area contributed by atoms with Gasteiger partial charge in [0.05, 0.1) is 19.7 Å². The van der Waals surface area contributed by atoms with E-state index in [0.29, 0.717) is 43.1 Å². The average Bonchev–Trinajstić information content (AvgIpc) is 2.63. The lowest BCUT2D eigenvalue weighted by Gasteiger charge is -2.14. The highest BCUT2D eigenvalue weighted by molar-refractivity contribution is 6.45. The Kier molecular flexibility index (Phi) is 2.64. The number of hydrogen-bond donors (Lipinski definition) is 1. The van der Waals surface area contributed by atoms with E-state index < -0.39 is 5.97 Å². The van der Waals surface area contributed by atoms with Crippen LogP contribution in [0.4, 0.5) is 0 Å². The van der Waals surface area contributed by atoms with Gasteiger partial charge in [-0.2, -0.15) is 0 Å². The monoisotopic (exact) mass is 208 g/mol. The van der Waals surface area contributed by atoms with E-state index in [1.165, 1.54) is 0 Å². The Hall–Kier alpha value is -1.49. The topological polar surface area (TPSA) is 67.8 Å². The molecule has 0 aliphatic carbocycles. The quantitative estimate of drug-likeness (QED) is 0.620. The third-order valence-corrected chi connectivity index (χ3v) is 2.44. The minimum absolute atomic E-state index is 0.0271. The summed E-state index contributed by atoms with van der Waals surface area (Å²) in [5.74, 6) is -0.404. The third kappa shape index (κ3) is 1.70. The van der Waals surface area contributed by atoms with Crippen LogP contribution < -0.4 is 5.32 Å². The number of ether oxygens (including phenoxy) is 1. The molecule has 1 N–H and O–H groups in total. The third-order valence-electron chi connectivity index (χ3n) is 2.44. The molecule has 2 aliphatic rings. The van der Waals surface area contributed by atoms with Crippen molar-refractivity contribution in [3.05, 3.63) is 11.1 Å². The Morgan fingerprint density at radius 3 is 3.00 bits per heavy atom. The zero-order valence-electron chi connectivity index (χ0n) is 8.50. The summed E-state index contributed by atoms with van der Waals surface area (Å²) < 4.78 is 4.87. The molecule has 0 amide bonds. The lowest BCUT2D eigenvalue weighted by Crippen LogP contribution is -2.35. The Bertz CT molecular complexity index is 382. The second-order valence-corrected chi connectivity index (χ2v) is 3.37. The molecule has 15 heavy (non-hydrogen) atoms. The predicted octanol–water partition coefficient (Wildman–Crippen LogP) is -0.527. The van der Waals surface area contributed by atoms with Gasteiger partial charge in [-0.15, -0.1) is 0 Å². The SMILES string of the molecule is CCOC(=O)C1=NCC2=C1CNCC2=O. The van der Waals surface area contributed by atoms with Gasteiger partial charge < -0.3 is 10.1 Å². The molecule has 2 aliphatic heterocycles. The van der Waals surface area contributed by atoms with Crippen LogP contribution >= 0.6 is 0 Å². The maximum absolute atomic E-state index is 11.5. The lowest BCUT2D eigenvalue weighted by molar-refractivity contribution is -0.134. The van der Waals surface area contributed by atoms with E-state index in [0.717, 1.165) is 0 Å². The molecule has 0 aromatic heterocycles. The van der Waals surface area contributed by atoms with E-state index >= 15 is 0 Å². The second-order valence-electron chi connectivity index (χ2n) is 3.37. The van der Waals surface area contributed by atoms with Gasteiger partial charge in [0.25, 0.3) is 0 Å². The summed E-state index contributed by atoms with van der Waals surface area (Å²) in [6, 6.07) is 0. The van der Waals surface area contributed by atoms with E-state index in [1.54, 1.807) is 6.92 Å². The Balaban J connectivity index is 2.23. The average molecular weight is 208 g/mol. The van der Waals surface area contributed by atoms with Gasteiger partial charge >= 0.3 is 5.97 Å². The van der Waals surface area contributed by atoms with Crippen molar-refractivity contribution in [3.8, 4) is 0 Å². The molecule has 80 valence electrons. The fourth-order valence-electron chi connectivity index (χ4n) is 1.73. The molecule has 0 spiro atoms. The Labute approximate surface area is 87.2 Å². The minimum Gasteiger partial charge on any atom is -0.461 e. The maximum Gasteiger partial charge on any atom is 0.356 e. The van der Waals surface area contributed by atoms with Crippen molar-refractivity contribution < 1.29 is 14.3 Å². The summed E-state index contributed by atoms with van der Waals surface area (Å²) >= 11 is 0. The first kappa shape index (κ1) is 10.0. The van der Waals surface area contributed by atoms with Crippen molar-refractivity contribution in [1.82, 2.24) is 5.32 Å². The highest BCUT2D eigenvalue weighted by Crippen LogP contribution is 2.19. The van der Waals surface area contributed by atoms with Crippen LogP contribution in [0.15, 0.2) is 16.1 Å². The van der Waals surface area contributed by atoms with Crippen molar-refractivity contribution in [2.24, 2.45) is 4.99 Å². The van der Waals surface area contributed by atoms with Gasteiger partial charge in [-0.05, 0) is 6.92 Å². The lowest BCUT2D eigenvalue weighted by atomic mass is 9.99. The van der Waals surface area contributed by atoms with Crippen LogP contribution in [0.5, 0.6) is 0 Å². The first-order valence-electron chi connectivity index (χ1n) is 4.92. The minimum atomic E-state index is -0.431. The molecule has 0 atom stereocenters. The van der Waals surface area contributed by atoms with Crippen molar-refractivity contribution in [2.75, 3.05) is 26.2 Å². The number of Topliss-reactive ketones (excluding diaryl/α,β-unsaturated/α-hetero) is 1. The zero-order chi connectivity index (χ0) is 10.8. The number of nitrogens with one attached hydrogen (secondary N) is 1. The molecule has 5 nitrogen and oxygen atoms in total. The van der Waals surface area contributed by atoms with Gasteiger partial charge in [-0.3, -0.25) is 9.79 Å². The highest BCUT2D eigenvalue weighted by atomic mass is 16.5. The Morgan fingerprint density at radius 2 is 2.27 bits per heavy atom. The molecule has 2 rings (SSSR count). The van der Waals surface area contributed by atoms with E-state index in [9.17, 15) is 9.59 Å². The molecular weight excluding hydrogens is 196 g/mol. The standard InChI is InChI=1S/C10H12N2O3/c1-2-15-10(14)9-7-3-11-5-8(13)6(7)4-12-9/h11H,2-5H2,1H3. The van der Waals surface area contributed by atoms with Crippen molar-refractivity contribution in [2.45, 2.75) is 6.92 Å². The van der Waals surface area contributed by atoms with Crippen molar-refractivity contribution in [3.63, 3.8) is 0 Å². The molecule has 0 unspecified atom stereocenters. The molecule has 0 aromatic carbocycles. The smallest absolute Gasteiger partial charge is 0.356 e. The van der Waals surface area contributed by atoms with Gasteiger partial charge in [0, 0.05) is 17.7 Å². The van der Waals surface area contributed by atoms with Crippen LogP contribution in [0.3, 0.4) is 0 Å². The van der Waals surface area contributed by atoms with Crippen LogP contribution in [0.1, 0.15) is 6.92 Å². The second kappa shape index (κ2) is 3.94. The first-order chi connectivity index (χ1) is 7.24. The summed E-state index contributed by atoms with van der Waals surface area (Å²) in [4.78, 5) is 27.0. The van der Waals surface area contributed by atoms with Gasteiger partial charge in [0.1, 0.15) is 5.71 Å². The summed E-state index contributed by atoms with van der Waals surface area (Å²) in [6.45, 7) is 3.25. The fourth-order valence-corrected chi connectivity index (χ4v) is 1.73. The van der Waals surface area contributed by atoms with E-state index in [-0.39, 0.29) is 5.78 Å².